The number of carbonyl (C=O) groups excluding carboxylic acids is 1. The Morgan fingerprint density at radius 3 is 2.14 bits per heavy atom. The van der Waals surface area contributed by atoms with E-state index in [9.17, 15) is 13.2 Å². The van der Waals surface area contributed by atoms with Crippen molar-refractivity contribution in [3.63, 3.8) is 0 Å². The van der Waals surface area contributed by atoms with Gasteiger partial charge in [0.05, 0.1) is 4.90 Å². The topological polar surface area (TPSA) is 76.2 Å². The Balaban J connectivity index is 1.46. The van der Waals surface area contributed by atoms with Crippen LogP contribution in [-0.4, -0.2) is 62.9 Å². The van der Waals surface area contributed by atoms with E-state index in [2.05, 4.69) is 0 Å². The summed E-state index contributed by atoms with van der Waals surface area (Å²) in [5, 5.41) is 0. The van der Waals surface area contributed by atoms with E-state index in [0.29, 0.717) is 43.4 Å². The highest BCUT2D eigenvalue weighted by atomic mass is 32.2. The number of amides is 1. The average Bonchev–Trinajstić information content (AvgIpc) is 2.72. The van der Waals surface area contributed by atoms with Gasteiger partial charge in [-0.15, -0.1) is 0 Å². The molecular weight excluding hydrogens is 392 g/mol. The second kappa shape index (κ2) is 7.68. The van der Waals surface area contributed by atoms with Crippen LogP contribution in [0.5, 0.6) is 11.5 Å². The zero-order chi connectivity index (χ0) is 20.6. The minimum absolute atomic E-state index is 0.0619. The van der Waals surface area contributed by atoms with Gasteiger partial charge in [-0.2, -0.15) is 4.31 Å². The number of fused-ring (bicyclic) bond motifs is 1. The van der Waals surface area contributed by atoms with E-state index >= 15 is 0 Å². The van der Waals surface area contributed by atoms with Crippen molar-refractivity contribution >= 4 is 15.9 Å². The van der Waals surface area contributed by atoms with Crippen molar-refractivity contribution in [3.05, 3.63) is 53.1 Å². The highest BCUT2D eigenvalue weighted by molar-refractivity contribution is 7.89. The summed E-state index contributed by atoms with van der Waals surface area (Å²) >= 11 is 0. The maximum atomic E-state index is 13.0. The molecule has 0 bridgehead atoms. The standard InChI is InChI=1S/C21H24N2O5S/c1-15-11-16(2)13-17(12-15)21(24)22-5-7-23(8-6-22)29(25,26)18-3-4-19-20(14-18)28-10-9-27-19/h3-4,11-14H,5-10H2,1-2H3. The predicted molar refractivity (Wildman–Crippen MR) is 108 cm³/mol. The molecule has 2 aromatic rings. The first-order valence-electron chi connectivity index (χ1n) is 9.62. The second-order valence-corrected chi connectivity index (χ2v) is 9.32. The lowest BCUT2D eigenvalue weighted by molar-refractivity contribution is 0.0697. The fourth-order valence-corrected chi connectivity index (χ4v) is 5.18. The third kappa shape index (κ3) is 3.95. The first kappa shape index (κ1) is 19.7. The Bertz CT molecular complexity index is 1020. The molecule has 0 aromatic heterocycles. The lowest BCUT2D eigenvalue weighted by atomic mass is 10.1. The third-order valence-electron chi connectivity index (χ3n) is 5.15. The first-order valence-corrected chi connectivity index (χ1v) is 11.1. The van der Waals surface area contributed by atoms with Crippen LogP contribution >= 0.6 is 0 Å². The monoisotopic (exact) mass is 416 g/mol. The summed E-state index contributed by atoms with van der Waals surface area (Å²) in [5.74, 6) is 0.938. The molecule has 1 amide bonds. The molecule has 154 valence electrons. The van der Waals surface area contributed by atoms with Crippen LogP contribution in [0.1, 0.15) is 21.5 Å². The molecule has 0 saturated carbocycles. The van der Waals surface area contributed by atoms with Crippen molar-refractivity contribution in [1.82, 2.24) is 9.21 Å². The Hall–Kier alpha value is -2.58. The number of sulfonamides is 1. The van der Waals surface area contributed by atoms with Crippen molar-refractivity contribution in [2.75, 3.05) is 39.4 Å². The van der Waals surface area contributed by atoms with Gasteiger partial charge in [0.1, 0.15) is 13.2 Å². The molecule has 0 spiro atoms. The summed E-state index contributed by atoms with van der Waals surface area (Å²) < 4.78 is 38.5. The molecule has 8 heteroatoms. The molecule has 0 radical (unpaired) electrons. The molecule has 0 unspecified atom stereocenters. The summed E-state index contributed by atoms with van der Waals surface area (Å²) in [6, 6.07) is 10.4. The number of nitrogens with zero attached hydrogens (tertiary/aromatic N) is 2. The van der Waals surface area contributed by atoms with Gasteiger partial charge in [0.15, 0.2) is 11.5 Å². The molecule has 29 heavy (non-hydrogen) atoms. The van der Waals surface area contributed by atoms with E-state index in [4.69, 9.17) is 9.47 Å². The van der Waals surface area contributed by atoms with Crippen LogP contribution in [0, 0.1) is 13.8 Å². The molecule has 4 rings (SSSR count). The van der Waals surface area contributed by atoms with Gasteiger partial charge in [-0.1, -0.05) is 17.2 Å². The number of rotatable bonds is 3. The van der Waals surface area contributed by atoms with E-state index in [-0.39, 0.29) is 23.9 Å². The zero-order valence-corrected chi connectivity index (χ0v) is 17.4. The van der Waals surface area contributed by atoms with Crippen molar-refractivity contribution in [2.24, 2.45) is 0 Å². The number of piperazine rings is 1. The third-order valence-corrected chi connectivity index (χ3v) is 7.04. The van der Waals surface area contributed by atoms with Crippen LogP contribution in [0.2, 0.25) is 0 Å². The molecule has 0 atom stereocenters. The van der Waals surface area contributed by atoms with Gasteiger partial charge in [-0.05, 0) is 38.1 Å². The van der Waals surface area contributed by atoms with Gasteiger partial charge < -0.3 is 14.4 Å². The van der Waals surface area contributed by atoms with Gasteiger partial charge in [0, 0.05) is 37.8 Å². The van der Waals surface area contributed by atoms with E-state index in [1.807, 2.05) is 32.0 Å². The molecule has 7 nitrogen and oxygen atoms in total. The zero-order valence-electron chi connectivity index (χ0n) is 16.6. The van der Waals surface area contributed by atoms with Crippen molar-refractivity contribution in [1.29, 1.82) is 0 Å². The Morgan fingerprint density at radius 1 is 0.862 bits per heavy atom. The van der Waals surface area contributed by atoms with Crippen LogP contribution in [0.15, 0.2) is 41.3 Å². The van der Waals surface area contributed by atoms with Gasteiger partial charge in [0.2, 0.25) is 10.0 Å². The van der Waals surface area contributed by atoms with Crippen LogP contribution < -0.4 is 9.47 Å². The number of aryl methyl sites for hydroxylation is 2. The Kier molecular flexibility index (Phi) is 5.23. The Morgan fingerprint density at radius 2 is 1.48 bits per heavy atom. The van der Waals surface area contributed by atoms with Gasteiger partial charge in [-0.3, -0.25) is 4.79 Å². The minimum atomic E-state index is -3.66. The van der Waals surface area contributed by atoms with Crippen LogP contribution in [0.4, 0.5) is 0 Å². The number of hydrogen-bond acceptors (Lipinski definition) is 5. The first-order chi connectivity index (χ1) is 13.8. The summed E-state index contributed by atoms with van der Waals surface area (Å²) in [6.07, 6.45) is 0. The molecular formula is C21H24N2O5S. The smallest absolute Gasteiger partial charge is 0.253 e. The van der Waals surface area contributed by atoms with E-state index in [1.54, 1.807) is 11.0 Å². The molecule has 0 aliphatic carbocycles. The second-order valence-electron chi connectivity index (χ2n) is 7.38. The van der Waals surface area contributed by atoms with Gasteiger partial charge in [-0.25, -0.2) is 8.42 Å². The maximum absolute atomic E-state index is 13.0. The summed E-state index contributed by atoms with van der Waals surface area (Å²) in [4.78, 5) is 14.7. The molecule has 2 heterocycles. The van der Waals surface area contributed by atoms with Crippen molar-refractivity contribution < 1.29 is 22.7 Å². The number of carbonyl (C=O) groups is 1. The number of benzene rings is 2. The number of ether oxygens (including phenoxy) is 2. The molecule has 1 saturated heterocycles. The molecule has 2 aliphatic heterocycles. The lowest BCUT2D eigenvalue weighted by Crippen LogP contribution is -2.50. The van der Waals surface area contributed by atoms with Gasteiger partial charge in [0.25, 0.3) is 5.91 Å². The average molecular weight is 416 g/mol. The highest BCUT2D eigenvalue weighted by Gasteiger charge is 2.31. The SMILES string of the molecule is Cc1cc(C)cc(C(=O)N2CCN(S(=O)(=O)c3ccc4c(c3)OCCO4)CC2)c1. The minimum Gasteiger partial charge on any atom is -0.486 e. The largest absolute Gasteiger partial charge is 0.486 e. The predicted octanol–water partition coefficient (Wildman–Crippen LogP) is 2.22. The summed E-state index contributed by atoms with van der Waals surface area (Å²) in [7, 11) is -3.66. The molecule has 2 aromatic carbocycles. The fourth-order valence-electron chi connectivity index (χ4n) is 3.75. The molecule has 2 aliphatic rings. The van der Waals surface area contributed by atoms with Crippen molar-refractivity contribution in [3.8, 4) is 11.5 Å². The van der Waals surface area contributed by atoms with Crippen LogP contribution in [-0.2, 0) is 10.0 Å². The van der Waals surface area contributed by atoms with Crippen LogP contribution in [0.25, 0.3) is 0 Å². The molecule has 0 N–H and O–H groups in total. The van der Waals surface area contributed by atoms with E-state index in [0.717, 1.165) is 11.1 Å². The fraction of sp³-hybridized carbons (Fsp3) is 0.381. The summed E-state index contributed by atoms with van der Waals surface area (Å²) in [5.41, 5.74) is 2.71. The van der Waals surface area contributed by atoms with Gasteiger partial charge >= 0.3 is 0 Å². The van der Waals surface area contributed by atoms with Crippen molar-refractivity contribution in [2.45, 2.75) is 18.7 Å². The molecule has 1 fully saturated rings. The highest BCUT2D eigenvalue weighted by Crippen LogP contribution is 2.33. The normalized spacial score (nSPS) is 17.2. The maximum Gasteiger partial charge on any atom is 0.253 e. The summed E-state index contributed by atoms with van der Waals surface area (Å²) in [6.45, 7) is 6.00. The van der Waals surface area contributed by atoms with Crippen LogP contribution in [0.3, 0.4) is 0 Å². The number of hydrogen-bond donors (Lipinski definition) is 0. The quantitative estimate of drug-likeness (QED) is 0.767. The lowest BCUT2D eigenvalue weighted by Gasteiger charge is -2.34. The van der Waals surface area contributed by atoms with E-state index in [1.165, 1.54) is 16.4 Å². The Labute approximate surface area is 170 Å². The van der Waals surface area contributed by atoms with E-state index < -0.39 is 10.0 Å².